The second-order valence-electron chi connectivity index (χ2n) is 4.13. The third-order valence-electron chi connectivity index (χ3n) is 2.75. The molecule has 1 aromatic heterocycles. The van der Waals surface area contributed by atoms with Gasteiger partial charge in [0.2, 0.25) is 0 Å². The molecule has 0 saturated heterocycles. The third-order valence-corrected chi connectivity index (χ3v) is 2.75. The minimum Gasteiger partial charge on any atom is -0.480 e. The van der Waals surface area contributed by atoms with Crippen molar-refractivity contribution in [2.24, 2.45) is 0 Å². The number of nitrogens with zero attached hydrogens (tertiary/aromatic N) is 1. The first-order chi connectivity index (χ1) is 9.00. The number of carbonyl (C=O) groups is 3. The standard InChI is InChI=1S/C13H12N2O4/c1-15(7-11(16)17)13(19)12(18)9-6-14-10-5-3-2-4-8(9)10/h2-6,14H,7H2,1H3,(H,16,17). The summed E-state index contributed by atoms with van der Waals surface area (Å²) in [6.07, 6.45) is 1.46. The molecule has 1 heterocycles. The van der Waals surface area contributed by atoms with Gasteiger partial charge in [-0.05, 0) is 6.07 Å². The Morgan fingerprint density at radius 2 is 1.95 bits per heavy atom. The van der Waals surface area contributed by atoms with E-state index in [9.17, 15) is 14.4 Å². The van der Waals surface area contributed by atoms with E-state index in [-0.39, 0.29) is 5.56 Å². The lowest BCUT2D eigenvalue weighted by atomic mass is 10.1. The molecule has 0 aliphatic carbocycles. The molecule has 98 valence electrons. The van der Waals surface area contributed by atoms with E-state index in [1.54, 1.807) is 18.2 Å². The first-order valence-electron chi connectivity index (χ1n) is 5.58. The van der Waals surface area contributed by atoms with Gasteiger partial charge < -0.3 is 15.0 Å². The zero-order valence-electron chi connectivity index (χ0n) is 10.2. The topological polar surface area (TPSA) is 90.5 Å². The number of likely N-dealkylation sites (N-methyl/N-ethyl adjacent to an activating group) is 1. The Morgan fingerprint density at radius 3 is 2.63 bits per heavy atom. The number of ketones is 1. The van der Waals surface area contributed by atoms with E-state index in [0.717, 1.165) is 10.4 Å². The molecule has 0 atom stereocenters. The van der Waals surface area contributed by atoms with Crippen molar-refractivity contribution in [2.75, 3.05) is 13.6 Å². The largest absolute Gasteiger partial charge is 0.480 e. The molecule has 2 N–H and O–H groups in total. The molecule has 1 amide bonds. The maximum Gasteiger partial charge on any atom is 0.323 e. The maximum atomic E-state index is 12.0. The maximum absolute atomic E-state index is 12.0. The van der Waals surface area contributed by atoms with Crippen molar-refractivity contribution in [2.45, 2.75) is 0 Å². The van der Waals surface area contributed by atoms with E-state index in [0.29, 0.717) is 5.39 Å². The van der Waals surface area contributed by atoms with Crippen LogP contribution in [0.3, 0.4) is 0 Å². The van der Waals surface area contributed by atoms with Crippen LogP contribution >= 0.6 is 0 Å². The van der Waals surface area contributed by atoms with E-state index in [1.165, 1.54) is 13.2 Å². The van der Waals surface area contributed by atoms with Crippen LogP contribution in [0, 0.1) is 0 Å². The van der Waals surface area contributed by atoms with Crippen molar-refractivity contribution in [3.8, 4) is 0 Å². The SMILES string of the molecule is CN(CC(=O)O)C(=O)C(=O)c1c[nH]c2ccccc12. The molecule has 0 aliphatic rings. The molecule has 0 aliphatic heterocycles. The summed E-state index contributed by atoms with van der Waals surface area (Å²) in [5.74, 6) is -2.73. The lowest BCUT2D eigenvalue weighted by Gasteiger charge is -2.12. The first kappa shape index (κ1) is 12.8. The average Bonchev–Trinajstić information content (AvgIpc) is 2.80. The number of carbonyl (C=O) groups excluding carboxylic acids is 2. The van der Waals surface area contributed by atoms with Gasteiger partial charge in [-0.3, -0.25) is 14.4 Å². The fourth-order valence-electron chi connectivity index (χ4n) is 1.82. The fourth-order valence-corrected chi connectivity index (χ4v) is 1.82. The van der Waals surface area contributed by atoms with Crippen LogP contribution in [0.25, 0.3) is 10.9 Å². The highest BCUT2D eigenvalue weighted by molar-refractivity contribution is 6.44. The molecular weight excluding hydrogens is 248 g/mol. The number of nitrogens with one attached hydrogen (secondary N) is 1. The number of aromatic nitrogens is 1. The molecule has 1 aromatic carbocycles. The molecule has 6 nitrogen and oxygen atoms in total. The number of H-pyrrole nitrogens is 1. The van der Waals surface area contributed by atoms with Gasteiger partial charge in [-0.15, -0.1) is 0 Å². The number of hydrogen-bond donors (Lipinski definition) is 2. The smallest absolute Gasteiger partial charge is 0.323 e. The minimum atomic E-state index is -1.16. The van der Waals surface area contributed by atoms with Crippen LogP contribution in [0.4, 0.5) is 0 Å². The highest BCUT2D eigenvalue weighted by atomic mass is 16.4. The normalized spacial score (nSPS) is 10.4. The van der Waals surface area contributed by atoms with Crippen molar-refractivity contribution in [3.63, 3.8) is 0 Å². The molecule has 6 heteroatoms. The van der Waals surface area contributed by atoms with Crippen LogP contribution in [-0.2, 0) is 9.59 Å². The van der Waals surface area contributed by atoms with Gasteiger partial charge in [0.25, 0.3) is 11.7 Å². The molecular formula is C13H12N2O4. The van der Waals surface area contributed by atoms with Crippen LogP contribution in [-0.4, -0.2) is 46.2 Å². The third kappa shape index (κ3) is 2.47. The molecule has 0 radical (unpaired) electrons. The van der Waals surface area contributed by atoms with Gasteiger partial charge in [0.05, 0.1) is 5.56 Å². The Kier molecular flexibility index (Phi) is 3.33. The highest BCUT2D eigenvalue weighted by Crippen LogP contribution is 2.18. The summed E-state index contributed by atoms with van der Waals surface area (Å²) in [6, 6.07) is 7.09. The monoisotopic (exact) mass is 260 g/mol. The molecule has 0 spiro atoms. The summed E-state index contributed by atoms with van der Waals surface area (Å²) in [5, 5.41) is 9.25. The number of carboxylic acid groups (broad SMARTS) is 1. The van der Waals surface area contributed by atoms with E-state index >= 15 is 0 Å². The lowest BCUT2D eigenvalue weighted by molar-refractivity contribution is -0.141. The number of rotatable bonds is 4. The van der Waals surface area contributed by atoms with Crippen molar-refractivity contribution in [1.29, 1.82) is 0 Å². The zero-order chi connectivity index (χ0) is 14.0. The fraction of sp³-hybridized carbons (Fsp3) is 0.154. The van der Waals surface area contributed by atoms with Crippen molar-refractivity contribution < 1.29 is 19.5 Å². The van der Waals surface area contributed by atoms with Crippen LogP contribution in [0.15, 0.2) is 30.5 Å². The summed E-state index contributed by atoms with van der Waals surface area (Å²) in [5.41, 5.74) is 0.998. The van der Waals surface area contributed by atoms with Crippen molar-refractivity contribution >= 4 is 28.6 Å². The predicted molar refractivity (Wildman–Crippen MR) is 67.9 cm³/mol. The van der Waals surface area contributed by atoms with Crippen molar-refractivity contribution in [1.82, 2.24) is 9.88 Å². The second-order valence-corrected chi connectivity index (χ2v) is 4.13. The van der Waals surface area contributed by atoms with E-state index in [1.807, 2.05) is 6.07 Å². The van der Waals surface area contributed by atoms with Gasteiger partial charge in [-0.1, -0.05) is 18.2 Å². The van der Waals surface area contributed by atoms with Gasteiger partial charge in [-0.25, -0.2) is 0 Å². The Hall–Kier alpha value is -2.63. The minimum absolute atomic E-state index is 0.248. The highest BCUT2D eigenvalue weighted by Gasteiger charge is 2.24. The average molecular weight is 260 g/mol. The molecule has 2 aromatic rings. The second kappa shape index (κ2) is 4.93. The summed E-state index contributed by atoms with van der Waals surface area (Å²) >= 11 is 0. The van der Waals surface area contributed by atoms with Crippen molar-refractivity contribution in [3.05, 3.63) is 36.0 Å². The van der Waals surface area contributed by atoms with Crippen LogP contribution in [0.1, 0.15) is 10.4 Å². The van der Waals surface area contributed by atoms with E-state index < -0.39 is 24.2 Å². The number of amides is 1. The van der Waals surface area contributed by atoms with Gasteiger partial charge >= 0.3 is 5.97 Å². The molecule has 0 unspecified atom stereocenters. The molecule has 0 fully saturated rings. The number of carboxylic acids is 1. The summed E-state index contributed by atoms with van der Waals surface area (Å²) < 4.78 is 0. The van der Waals surface area contributed by atoms with E-state index in [4.69, 9.17) is 5.11 Å². The Bertz CT molecular complexity index is 659. The van der Waals surface area contributed by atoms with Crippen LogP contribution in [0.2, 0.25) is 0 Å². The summed E-state index contributed by atoms with van der Waals surface area (Å²) in [6.45, 7) is -0.507. The van der Waals surface area contributed by atoms with Gasteiger partial charge in [0.15, 0.2) is 0 Å². The number of fused-ring (bicyclic) bond motifs is 1. The zero-order valence-corrected chi connectivity index (χ0v) is 10.2. The molecule has 0 bridgehead atoms. The van der Waals surface area contributed by atoms with Gasteiger partial charge in [0, 0.05) is 24.1 Å². The summed E-state index contributed by atoms with van der Waals surface area (Å²) in [4.78, 5) is 38.2. The quantitative estimate of drug-likeness (QED) is 0.631. The van der Waals surface area contributed by atoms with Crippen LogP contribution in [0.5, 0.6) is 0 Å². The predicted octanol–water partition coefficient (Wildman–Crippen LogP) is 0.894. The summed E-state index contributed by atoms with van der Waals surface area (Å²) in [7, 11) is 1.28. The number of para-hydroxylation sites is 1. The molecule has 2 rings (SSSR count). The number of Topliss-reactive ketones (excluding diaryl/α,β-unsaturated/α-hetero) is 1. The number of benzene rings is 1. The van der Waals surface area contributed by atoms with E-state index in [2.05, 4.69) is 4.98 Å². The molecule has 0 saturated carbocycles. The number of aromatic amines is 1. The van der Waals surface area contributed by atoms with Crippen LogP contribution < -0.4 is 0 Å². The Morgan fingerprint density at radius 1 is 1.26 bits per heavy atom. The Labute approximate surface area is 108 Å². The molecule has 19 heavy (non-hydrogen) atoms. The van der Waals surface area contributed by atoms with Gasteiger partial charge in [0.1, 0.15) is 6.54 Å². The first-order valence-corrected chi connectivity index (χ1v) is 5.58. The number of hydrogen-bond acceptors (Lipinski definition) is 3. The lowest BCUT2D eigenvalue weighted by Crippen LogP contribution is -2.36. The number of aliphatic carboxylic acids is 1. The Balaban J connectivity index is 2.29. The van der Waals surface area contributed by atoms with Gasteiger partial charge in [-0.2, -0.15) is 0 Å².